The number of anilines is 1. The van der Waals surface area contributed by atoms with E-state index in [1.54, 1.807) is 33.0 Å². The Labute approximate surface area is 201 Å². The van der Waals surface area contributed by atoms with Crippen LogP contribution in [-0.2, 0) is 23.1 Å². The first-order chi connectivity index (χ1) is 16.3. The van der Waals surface area contributed by atoms with Crippen LogP contribution in [0.15, 0.2) is 29.1 Å². The number of sulfone groups is 1. The number of hydrogen-bond acceptors (Lipinski definition) is 6. The topological polar surface area (TPSA) is 94.0 Å². The molecule has 1 saturated heterocycles. The van der Waals surface area contributed by atoms with Crippen LogP contribution in [-0.4, -0.2) is 34.5 Å². The van der Waals surface area contributed by atoms with Crippen LogP contribution in [0.3, 0.4) is 0 Å². The fraction of sp³-hybridized carbons (Fsp3) is 0.458. The molecule has 0 unspecified atom stereocenters. The number of alkyl halides is 3. The van der Waals surface area contributed by atoms with Crippen molar-refractivity contribution in [2.24, 2.45) is 7.05 Å². The molecule has 11 heteroatoms. The number of nitrogens with zero attached hydrogens (tertiary/aromatic N) is 3. The second-order valence-electron chi connectivity index (χ2n) is 9.12. The van der Waals surface area contributed by atoms with Crippen molar-refractivity contribution in [1.82, 2.24) is 14.5 Å². The highest BCUT2D eigenvalue weighted by atomic mass is 32.2. The molecule has 0 spiro atoms. The van der Waals surface area contributed by atoms with Gasteiger partial charge in [0.15, 0.2) is 0 Å². The van der Waals surface area contributed by atoms with E-state index in [0.717, 1.165) is 6.07 Å². The van der Waals surface area contributed by atoms with Gasteiger partial charge in [-0.1, -0.05) is 12.1 Å². The average molecular weight is 509 g/mol. The summed E-state index contributed by atoms with van der Waals surface area (Å²) in [6.45, 7) is 4.81. The van der Waals surface area contributed by atoms with Crippen LogP contribution in [0, 0.1) is 13.8 Å². The second-order valence-corrected chi connectivity index (χ2v) is 11.4. The van der Waals surface area contributed by atoms with Gasteiger partial charge in [0.1, 0.15) is 27.0 Å². The summed E-state index contributed by atoms with van der Waals surface area (Å²) in [6, 6.07) is 5.31. The van der Waals surface area contributed by atoms with Crippen molar-refractivity contribution in [3.63, 3.8) is 0 Å². The minimum absolute atomic E-state index is 0.0608. The zero-order valence-electron chi connectivity index (χ0n) is 19.9. The van der Waals surface area contributed by atoms with Gasteiger partial charge in [-0.2, -0.15) is 13.2 Å². The van der Waals surface area contributed by atoms with Gasteiger partial charge >= 0.3 is 6.18 Å². The summed E-state index contributed by atoms with van der Waals surface area (Å²) >= 11 is 0. The standard InChI is InChI=1S/C24H27F3N4O3S/c1-13-17(6-5-7-19(13)24(25,26)27)14(2)28-22-18-12-20(16-8-10-35(33,34)11-9-16)31(4)23(32)21(18)29-15(3)30-22/h5-7,12,14,16H,8-11H2,1-4H3,(H,28,29,30)/t14-/m1/s1. The van der Waals surface area contributed by atoms with E-state index in [2.05, 4.69) is 15.3 Å². The minimum Gasteiger partial charge on any atom is -0.363 e. The number of benzene rings is 1. The molecule has 1 atom stereocenters. The monoisotopic (exact) mass is 508 g/mol. The van der Waals surface area contributed by atoms with Crippen molar-refractivity contribution < 1.29 is 21.6 Å². The molecule has 4 rings (SSSR count). The SMILES string of the molecule is Cc1nc(N[C@H](C)c2cccc(C(F)(F)F)c2C)c2cc(C3CCS(=O)(=O)CC3)n(C)c(=O)c2n1. The van der Waals surface area contributed by atoms with Crippen LogP contribution in [0.5, 0.6) is 0 Å². The van der Waals surface area contributed by atoms with E-state index in [1.165, 1.54) is 17.6 Å². The predicted octanol–water partition coefficient (Wildman–Crippen LogP) is 4.43. The number of nitrogens with one attached hydrogen (secondary N) is 1. The molecular formula is C24H27F3N4O3S. The zero-order chi connectivity index (χ0) is 25.7. The lowest BCUT2D eigenvalue weighted by atomic mass is 9.96. The maximum absolute atomic E-state index is 13.4. The Hall–Kier alpha value is -2.95. The maximum atomic E-state index is 13.4. The fourth-order valence-electron chi connectivity index (χ4n) is 4.80. The number of rotatable bonds is 4. The summed E-state index contributed by atoms with van der Waals surface area (Å²) < 4.78 is 65.5. The first kappa shape index (κ1) is 25.2. The summed E-state index contributed by atoms with van der Waals surface area (Å²) in [7, 11) is -1.43. The van der Waals surface area contributed by atoms with Crippen molar-refractivity contribution in [2.75, 3.05) is 16.8 Å². The number of aromatic nitrogens is 3. The normalized spacial score (nSPS) is 17.5. The molecule has 1 aliphatic heterocycles. The Kier molecular flexibility index (Phi) is 6.41. The molecule has 0 amide bonds. The van der Waals surface area contributed by atoms with Crippen molar-refractivity contribution in [3.05, 3.63) is 62.8 Å². The number of pyridine rings is 1. The van der Waals surface area contributed by atoms with Gasteiger partial charge in [0, 0.05) is 18.7 Å². The zero-order valence-corrected chi connectivity index (χ0v) is 20.7. The molecule has 0 bridgehead atoms. The highest BCUT2D eigenvalue weighted by Gasteiger charge is 2.33. The van der Waals surface area contributed by atoms with Gasteiger partial charge in [-0.3, -0.25) is 4.79 Å². The first-order valence-electron chi connectivity index (χ1n) is 11.3. The van der Waals surface area contributed by atoms with Crippen LogP contribution in [0.4, 0.5) is 19.0 Å². The van der Waals surface area contributed by atoms with E-state index in [1.807, 2.05) is 0 Å². The lowest BCUT2D eigenvalue weighted by molar-refractivity contribution is -0.138. The molecule has 35 heavy (non-hydrogen) atoms. The van der Waals surface area contributed by atoms with Crippen LogP contribution in [0.2, 0.25) is 0 Å². The minimum atomic E-state index is -4.47. The Morgan fingerprint density at radius 1 is 1.14 bits per heavy atom. The Morgan fingerprint density at radius 2 is 1.80 bits per heavy atom. The third kappa shape index (κ3) is 4.91. The lowest BCUT2D eigenvalue weighted by Crippen LogP contribution is -2.28. The largest absolute Gasteiger partial charge is 0.416 e. The van der Waals surface area contributed by atoms with Gasteiger partial charge < -0.3 is 9.88 Å². The number of fused-ring (bicyclic) bond motifs is 1. The average Bonchev–Trinajstić information content (AvgIpc) is 2.76. The molecule has 0 aliphatic carbocycles. The molecular weight excluding hydrogens is 481 g/mol. The molecule has 1 aromatic carbocycles. The summed E-state index contributed by atoms with van der Waals surface area (Å²) in [4.78, 5) is 22.0. The highest BCUT2D eigenvalue weighted by Crippen LogP contribution is 2.36. The number of aryl methyl sites for hydroxylation is 1. The molecule has 3 heterocycles. The van der Waals surface area contributed by atoms with E-state index in [-0.39, 0.29) is 34.1 Å². The van der Waals surface area contributed by atoms with E-state index < -0.39 is 27.6 Å². The van der Waals surface area contributed by atoms with E-state index in [0.29, 0.717) is 41.1 Å². The van der Waals surface area contributed by atoms with Crippen molar-refractivity contribution in [3.8, 4) is 0 Å². The molecule has 3 aromatic rings. The Balaban J connectivity index is 1.79. The third-order valence-electron chi connectivity index (χ3n) is 6.72. The molecule has 188 valence electrons. The maximum Gasteiger partial charge on any atom is 0.416 e. The highest BCUT2D eigenvalue weighted by molar-refractivity contribution is 7.91. The van der Waals surface area contributed by atoms with Gasteiger partial charge in [0.05, 0.1) is 28.5 Å². The first-order valence-corrected chi connectivity index (χ1v) is 13.1. The van der Waals surface area contributed by atoms with Gasteiger partial charge in [-0.15, -0.1) is 0 Å². The van der Waals surface area contributed by atoms with E-state index in [4.69, 9.17) is 0 Å². The number of hydrogen-bond donors (Lipinski definition) is 1. The van der Waals surface area contributed by atoms with E-state index in [9.17, 15) is 26.4 Å². The molecule has 1 aliphatic rings. The van der Waals surface area contributed by atoms with Crippen LogP contribution in [0.1, 0.15) is 59.9 Å². The third-order valence-corrected chi connectivity index (χ3v) is 8.43. The summed E-state index contributed by atoms with van der Waals surface area (Å²) in [6.07, 6.45) is -3.64. The fourth-order valence-corrected chi connectivity index (χ4v) is 6.29. The number of halogens is 3. The van der Waals surface area contributed by atoms with Gasteiger partial charge in [0.2, 0.25) is 0 Å². The van der Waals surface area contributed by atoms with Gasteiger partial charge in [-0.25, -0.2) is 18.4 Å². The molecule has 0 radical (unpaired) electrons. The van der Waals surface area contributed by atoms with Crippen molar-refractivity contribution in [1.29, 1.82) is 0 Å². The van der Waals surface area contributed by atoms with E-state index >= 15 is 0 Å². The van der Waals surface area contributed by atoms with Crippen LogP contribution >= 0.6 is 0 Å². The summed E-state index contributed by atoms with van der Waals surface area (Å²) in [5.74, 6) is 0.704. The van der Waals surface area contributed by atoms with Crippen LogP contribution in [0.25, 0.3) is 10.9 Å². The quantitative estimate of drug-likeness (QED) is 0.561. The van der Waals surface area contributed by atoms with Crippen molar-refractivity contribution >= 4 is 26.6 Å². The summed E-state index contributed by atoms with van der Waals surface area (Å²) in [5, 5.41) is 3.65. The second kappa shape index (κ2) is 8.92. The molecule has 1 N–H and O–H groups in total. The Morgan fingerprint density at radius 3 is 2.43 bits per heavy atom. The predicted molar refractivity (Wildman–Crippen MR) is 128 cm³/mol. The lowest BCUT2D eigenvalue weighted by Gasteiger charge is -2.25. The van der Waals surface area contributed by atoms with Gasteiger partial charge in [-0.05, 0) is 56.9 Å². The Bertz CT molecular complexity index is 1450. The van der Waals surface area contributed by atoms with Gasteiger partial charge in [0.25, 0.3) is 5.56 Å². The van der Waals surface area contributed by atoms with Crippen LogP contribution < -0.4 is 10.9 Å². The smallest absolute Gasteiger partial charge is 0.363 e. The summed E-state index contributed by atoms with van der Waals surface area (Å²) in [5.41, 5.74) is 0.442. The molecule has 7 nitrogen and oxygen atoms in total. The molecule has 1 fully saturated rings. The van der Waals surface area contributed by atoms with Crippen molar-refractivity contribution in [2.45, 2.75) is 51.7 Å². The molecule has 0 saturated carbocycles. The molecule has 2 aromatic heterocycles.